The average Bonchev–Trinajstić information content (AvgIpc) is 2.58. The third-order valence-corrected chi connectivity index (χ3v) is 4.50. The fourth-order valence-electron chi connectivity index (χ4n) is 2.78. The topological polar surface area (TPSA) is 20.3 Å². The zero-order chi connectivity index (χ0) is 16.2. The standard InChI is InChI=1S/C20H19ClNO/c1-15-6-8-17(9-7-15)20(23)22-12-10-16(11-13-22)14-18-4-2-3-5-19(18)21/h2-9,14H,1,10-13H2. The van der Waals surface area contributed by atoms with Crippen molar-refractivity contribution < 1.29 is 4.79 Å². The van der Waals surface area contributed by atoms with Crippen molar-refractivity contribution >= 4 is 23.6 Å². The van der Waals surface area contributed by atoms with Gasteiger partial charge in [-0.05, 0) is 49.1 Å². The van der Waals surface area contributed by atoms with E-state index in [1.807, 2.05) is 53.4 Å². The van der Waals surface area contributed by atoms with Crippen LogP contribution in [0.5, 0.6) is 0 Å². The molecule has 3 heteroatoms. The second-order valence-electron chi connectivity index (χ2n) is 5.81. The summed E-state index contributed by atoms with van der Waals surface area (Å²) in [6, 6.07) is 15.3. The summed E-state index contributed by atoms with van der Waals surface area (Å²) >= 11 is 6.20. The Hall–Kier alpha value is -2.06. The van der Waals surface area contributed by atoms with Crippen molar-refractivity contribution in [1.29, 1.82) is 0 Å². The molecule has 0 saturated carbocycles. The second kappa shape index (κ2) is 7.01. The zero-order valence-electron chi connectivity index (χ0n) is 13.0. The van der Waals surface area contributed by atoms with Gasteiger partial charge >= 0.3 is 0 Å². The van der Waals surface area contributed by atoms with E-state index in [4.69, 9.17) is 11.6 Å². The van der Waals surface area contributed by atoms with Crippen molar-refractivity contribution in [2.75, 3.05) is 13.1 Å². The number of carbonyl (C=O) groups excluding carboxylic acids is 1. The van der Waals surface area contributed by atoms with E-state index in [2.05, 4.69) is 13.0 Å². The molecule has 1 aliphatic heterocycles. The third-order valence-electron chi connectivity index (χ3n) is 4.16. The Balaban J connectivity index is 1.65. The molecule has 3 rings (SSSR count). The molecule has 2 aromatic rings. The van der Waals surface area contributed by atoms with Crippen LogP contribution in [0.1, 0.15) is 34.3 Å². The summed E-state index contributed by atoms with van der Waals surface area (Å²) in [5, 5.41) is 0.770. The first-order valence-electron chi connectivity index (χ1n) is 7.79. The quantitative estimate of drug-likeness (QED) is 0.774. The van der Waals surface area contributed by atoms with Gasteiger partial charge in [-0.2, -0.15) is 0 Å². The Labute approximate surface area is 142 Å². The molecule has 23 heavy (non-hydrogen) atoms. The number of halogens is 1. The van der Waals surface area contributed by atoms with Gasteiger partial charge in [-0.3, -0.25) is 4.79 Å². The molecule has 1 amide bonds. The number of amides is 1. The number of rotatable bonds is 2. The Morgan fingerprint density at radius 3 is 2.35 bits per heavy atom. The molecule has 2 aromatic carbocycles. The van der Waals surface area contributed by atoms with E-state index in [1.165, 1.54) is 5.57 Å². The lowest BCUT2D eigenvalue weighted by molar-refractivity contribution is 0.0744. The summed E-state index contributed by atoms with van der Waals surface area (Å²) in [4.78, 5) is 14.4. The van der Waals surface area contributed by atoms with Crippen LogP contribution in [0.25, 0.3) is 6.08 Å². The van der Waals surface area contributed by atoms with Crippen LogP contribution in [0, 0.1) is 6.92 Å². The zero-order valence-corrected chi connectivity index (χ0v) is 13.7. The molecular formula is C20H19ClNO. The van der Waals surface area contributed by atoms with Gasteiger partial charge in [0.05, 0.1) is 0 Å². The fraction of sp³-hybridized carbons (Fsp3) is 0.200. The Bertz CT molecular complexity index is 724. The molecule has 0 aromatic heterocycles. The molecule has 1 heterocycles. The van der Waals surface area contributed by atoms with Crippen LogP contribution in [0.15, 0.2) is 54.1 Å². The Morgan fingerprint density at radius 2 is 1.70 bits per heavy atom. The first-order chi connectivity index (χ1) is 11.1. The van der Waals surface area contributed by atoms with Gasteiger partial charge in [0.15, 0.2) is 0 Å². The van der Waals surface area contributed by atoms with Gasteiger partial charge < -0.3 is 4.90 Å². The van der Waals surface area contributed by atoms with Crippen molar-refractivity contribution in [1.82, 2.24) is 4.90 Å². The maximum atomic E-state index is 12.5. The first kappa shape index (κ1) is 15.8. The van der Waals surface area contributed by atoms with Crippen LogP contribution < -0.4 is 0 Å². The van der Waals surface area contributed by atoms with Gasteiger partial charge in [0.25, 0.3) is 5.91 Å². The van der Waals surface area contributed by atoms with E-state index in [9.17, 15) is 4.79 Å². The predicted molar refractivity (Wildman–Crippen MR) is 95.5 cm³/mol. The van der Waals surface area contributed by atoms with E-state index in [1.54, 1.807) is 0 Å². The fourth-order valence-corrected chi connectivity index (χ4v) is 2.97. The highest BCUT2D eigenvalue weighted by Gasteiger charge is 2.20. The molecule has 0 aliphatic carbocycles. The molecule has 1 fully saturated rings. The maximum absolute atomic E-state index is 12.5. The van der Waals surface area contributed by atoms with E-state index < -0.39 is 0 Å². The summed E-state index contributed by atoms with van der Waals surface area (Å²) < 4.78 is 0. The van der Waals surface area contributed by atoms with Gasteiger partial charge in [0.2, 0.25) is 0 Å². The van der Waals surface area contributed by atoms with Crippen LogP contribution in [-0.2, 0) is 0 Å². The van der Waals surface area contributed by atoms with E-state index >= 15 is 0 Å². The van der Waals surface area contributed by atoms with Crippen LogP contribution in [0.4, 0.5) is 0 Å². The summed E-state index contributed by atoms with van der Waals surface area (Å²) in [5.74, 6) is 0.0989. The average molecular weight is 325 g/mol. The molecule has 0 unspecified atom stereocenters. The minimum absolute atomic E-state index is 0.0989. The Morgan fingerprint density at radius 1 is 1.04 bits per heavy atom. The number of likely N-dealkylation sites (tertiary alicyclic amines) is 1. The smallest absolute Gasteiger partial charge is 0.253 e. The minimum atomic E-state index is 0.0989. The number of nitrogens with zero attached hydrogens (tertiary/aromatic N) is 1. The number of carbonyl (C=O) groups is 1. The summed E-state index contributed by atoms with van der Waals surface area (Å²) in [7, 11) is 0. The van der Waals surface area contributed by atoms with E-state index in [0.29, 0.717) is 0 Å². The highest BCUT2D eigenvalue weighted by molar-refractivity contribution is 6.32. The highest BCUT2D eigenvalue weighted by atomic mass is 35.5. The number of hydrogen-bond donors (Lipinski definition) is 0. The summed E-state index contributed by atoms with van der Waals surface area (Å²) in [6.45, 7) is 5.35. The molecule has 1 saturated heterocycles. The number of benzene rings is 2. The van der Waals surface area contributed by atoms with Gasteiger partial charge in [-0.25, -0.2) is 0 Å². The predicted octanol–water partition coefficient (Wildman–Crippen LogP) is 4.84. The molecule has 0 bridgehead atoms. The van der Waals surface area contributed by atoms with Gasteiger partial charge in [-0.15, -0.1) is 0 Å². The van der Waals surface area contributed by atoms with Crippen molar-refractivity contribution in [2.24, 2.45) is 0 Å². The van der Waals surface area contributed by atoms with Crippen LogP contribution in [-0.4, -0.2) is 23.9 Å². The van der Waals surface area contributed by atoms with E-state index in [-0.39, 0.29) is 5.91 Å². The molecule has 0 N–H and O–H groups in total. The first-order valence-corrected chi connectivity index (χ1v) is 8.16. The third kappa shape index (κ3) is 3.83. The van der Waals surface area contributed by atoms with Crippen molar-refractivity contribution in [3.05, 3.63) is 82.7 Å². The molecule has 0 atom stereocenters. The summed E-state index contributed by atoms with van der Waals surface area (Å²) in [5.41, 5.74) is 4.05. The van der Waals surface area contributed by atoms with Gasteiger partial charge in [0, 0.05) is 23.7 Å². The summed E-state index contributed by atoms with van der Waals surface area (Å²) in [6.07, 6.45) is 3.94. The van der Waals surface area contributed by atoms with Crippen LogP contribution in [0.2, 0.25) is 5.02 Å². The highest BCUT2D eigenvalue weighted by Crippen LogP contribution is 2.24. The Kier molecular flexibility index (Phi) is 4.82. The maximum Gasteiger partial charge on any atom is 0.253 e. The van der Waals surface area contributed by atoms with E-state index in [0.717, 1.165) is 47.6 Å². The molecule has 0 spiro atoms. The lowest BCUT2D eigenvalue weighted by atomic mass is 10.00. The normalized spacial score (nSPS) is 14.7. The SMILES string of the molecule is [CH2]c1ccc(C(=O)N2CCC(=Cc3ccccc3Cl)CC2)cc1. The lowest BCUT2D eigenvalue weighted by Crippen LogP contribution is -2.36. The molecule has 117 valence electrons. The van der Waals surface area contributed by atoms with Crippen LogP contribution >= 0.6 is 11.6 Å². The number of hydrogen-bond acceptors (Lipinski definition) is 1. The monoisotopic (exact) mass is 324 g/mol. The largest absolute Gasteiger partial charge is 0.338 e. The van der Waals surface area contributed by atoms with Crippen LogP contribution in [0.3, 0.4) is 0 Å². The van der Waals surface area contributed by atoms with Crippen molar-refractivity contribution in [3.63, 3.8) is 0 Å². The molecular weight excluding hydrogens is 306 g/mol. The van der Waals surface area contributed by atoms with Gasteiger partial charge in [0.1, 0.15) is 0 Å². The molecule has 1 aliphatic rings. The lowest BCUT2D eigenvalue weighted by Gasteiger charge is -2.28. The molecule has 1 radical (unpaired) electrons. The second-order valence-corrected chi connectivity index (χ2v) is 6.22. The van der Waals surface area contributed by atoms with Crippen molar-refractivity contribution in [2.45, 2.75) is 12.8 Å². The minimum Gasteiger partial charge on any atom is -0.338 e. The molecule has 2 nitrogen and oxygen atoms in total. The number of piperidine rings is 1. The van der Waals surface area contributed by atoms with Crippen molar-refractivity contribution in [3.8, 4) is 0 Å². The van der Waals surface area contributed by atoms with Gasteiger partial charge in [-0.1, -0.05) is 53.6 Å².